The number of hydrogen-bond donors (Lipinski definition) is 0. The van der Waals surface area contributed by atoms with Gasteiger partial charge in [-0.2, -0.15) is 0 Å². The fourth-order valence-corrected chi connectivity index (χ4v) is 4.90. The second kappa shape index (κ2) is 6.20. The molecule has 0 saturated heterocycles. The highest BCUT2D eigenvalue weighted by Gasteiger charge is 2.46. The Morgan fingerprint density at radius 1 is 1.21 bits per heavy atom. The highest BCUT2D eigenvalue weighted by Crippen LogP contribution is 2.50. The van der Waals surface area contributed by atoms with Crippen molar-refractivity contribution in [1.82, 2.24) is 0 Å². The molecular formula is C20H19BrClNO. The van der Waals surface area contributed by atoms with Gasteiger partial charge < -0.3 is 4.74 Å². The average Bonchev–Trinajstić information content (AvgIpc) is 2.55. The van der Waals surface area contributed by atoms with E-state index in [1.807, 2.05) is 0 Å². The molecule has 24 heavy (non-hydrogen) atoms. The Morgan fingerprint density at radius 2 is 2.00 bits per heavy atom. The molecule has 0 radical (unpaired) electrons. The quantitative estimate of drug-likeness (QED) is 0.654. The number of fused-ring (bicyclic) bond motifs is 1. The maximum atomic E-state index is 6.34. The fourth-order valence-electron chi connectivity index (χ4n) is 3.97. The zero-order valence-corrected chi connectivity index (χ0v) is 16.0. The van der Waals surface area contributed by atoms with Crippen molar-refractivity contribution in [3.8, 4) is 5.75 Å². The van der Waals surface area contributed by atoms with E-state index in [1.54, 1.807) is 7.11 Å². The molecule has 1 aliphatic carbocycles. The van der Waals surface area contributed by atoms with Gasteiger partial charge in [-0.15, -0.1) is 0 Å². The molecule has 0 spiro atoms. The first kappa shape index (κ1) is 16.2. The average molecular weight is 405 g/mol. The molecule has 1 saturated carbocycles. The molecule has 0 bridgehead atoms. The summed E-state index contributed by atoms with van der Waals surface area (Å²) in [6.07, 6.45) is 4.45. The van der Waals surface area contributed by atoms with Crippen molar-refractivity contribution >= 4 is 33.2 Å². The number of nitrogens with zero attached hydrogens (tertiary/aromatic N) is 1. The summed E-state index contributed by atoms with van der Waals surface area (Å²) in [7, 11) is 1.67. The van der Waals surface area contributed by atoms with Crippen molar-refractivity contribution < 1.29 is 4.74 Å². The van der Waals surface area contributed by atoms with Crippen LogP contribution in [0.2, 0.25) is 5.02 Å². The summed E-state index contributed by atoms with van der Waals surface area (Å²) in [4.78, 5) is 4.98. The summed E-state index contributed by atoms with van der Waals surface area (Å²) in [5.41, 5.74) is 5.05. The summed E-state index contributed by atoms with van der Waals surface area (Å²) in [6.45, 7) is 0.831. The third-order valence-corrected chi connectivity index (χ3v) is 6.32. The minimum absolute atomic E-state index is 0.00804. The van der Waals surface area contributed by atoms with Crippen LogP contribution < -0.4 is 4.74 Å². The number of ether oxygens (including phenoxy) is 1. The normalized spacial score (nSPS) is 18.4. The van der Waals surface area contributed by atoms with Crippen LogP contribution in [0.4, 0.5) is 0 Å². The van der Waals surface area contributed by atoms with E-state index in [4.69, 9.17) is 21.3 Å². The standard InChI is InChI=1S/C20H19BrClNO/c1-24-18-12-14-13(11-17(18)22)7-10-23-19(14)20(8-4-9-20)15-5-2-3-6-16(15)21/h2-3,5-6,11-12H,4,7-10H2,1H3. The highest BCUT2D eigenvalue weighted by atomic mass is 79.9. The van der Waals surface area contributed by atoms with Gasteiger partial charge in [-0.1, -0.05) is 52.2 Å². The Labute approximate surface area is 156 Å². The summed E-state index contributed by atoms with van der Waals surface area (Å²) in [6, 6.07) is 12.7. The van der Waals surface area contributed by atoms with E-state index in [9.17, 15) is 0 Å². The van der Waals surface area contributed by atoms with Crippen LogP contribution in [0.25, 0.3) is 0 Å². The maximum absolute atomic E-state index is 6.34. The smallest absolute Gasteiger partial charge is 0.138 e. The lowest BCUT2D eigenvalue weighted by Crippen LogP contribution is -2.44. The van der Waals surface area contributed by atoms with Crippen molar-refractivity contribution in [1.29, 1.82) is 0 Å². The summed E-state index contributed by atoms with van der Waals surface area (Å²) >= 11 is 10.1. The molecule has 2 aromatic carbocycles. The van der Waals surface area contributed by atoms with Crippen LogP contribution in [-0.4, -0.2) is 19.4 Å². The molecule has 4 heteroatoms. The number of aliphatic imine (C=N–C) groups is 1. The van der Waals surface area contributed by atoms with Gasteiger partial charge in [-0.25, -0.2) is 0 Å². The van der Waals surface area contributed by atoms with Crippen molar-refractivity contribution in [2.75, 3.05) is 13.7 Å². The second-order valence-corrected chi connectivity index (χ2v) is 7.80. The molecule has 0 atom stereocenters. The van der Waals surface area contributed by atoms with E-state index < -0.39 is 0 Å². The van der Waals surface area contributed by atoms with Gasteiger partial charge in [0.15, 0.2) is 0 Å². The van der Waals surface area contributed by atoms with Gasteiger partial charge >= 0.3 is 0 Å². The Balaban J connectivity index is 1.88. The van der Waals surface area contributed by atoms with Crippen molar-refractivity contribution in [2.24, 2.45) is 4.99 Å². The monoisotopic (exact) mass is 403 g/mol. The Morgan fingerprint density at radius 3 is 2.67 bits per heavy atom. The molecule has 0 aromatic heterocycles. The predicted molar refractivity (Wildman–Crippen MR) is 103 cm³/mol. The van der Waals surface area contributed by atoms with Crippen molar-refractivity contribution in [3.63, 3.8) is 0 Å². The molecule has 1 heterocycles. The van der Waals surface area contributed by atoms with Gasteiger partial charge in [0.05, 0.1) is 17.8 Å². The fraction of sp³-hybridized carbons (Fsp3) is 0.350. The predicted octanol–water partition coefficient (Wildman–Crippen LogP) is 5.58. The topological polar surface area (TPSA) is 21.6 Å². The first-order valence-electron chi connectivity index (χ1n) is 8.32. The number of methoxy groups -OCH3 is 1. The molecule has 1 aliphatic heterocycles. The molecule has 0 N–H and O–H groups in total. The molecule has 0 unspecified atom stereocenters. The van der Waals surface area contributed by atoms with Crippen LogP contribution >= 0.6 is 27.5 Å². The minimum atomic E-state index is 0.00804. The van der Waals surface area contributed by atoms with Crippen LogP contribution in [0.1, 0.15) is 36.0 Å². The summed E-state index contributed by atoms with van der Waals surface area (Å²) < 4.78 is 6.62. The summed E-state index contributed by atoms with van der Waals surface area (Å²) in [5.74, 6) is 0.728. The van der Waals surface area contributed by atoms with E-state index in [0.717, 1.165) is 31.6 Å². The van der Waals surface area contributed by atoms with Crippen LogP contribution in [0, 0.1) is 0 Å². The number of halogens is 2. The van der Waals surface area contributed by atoms with Gasteiger partial charge in [-0.3, -0.25) is 4.99 Å². The lowest BCUT2D eigenvalue weighted by Gasteiger charge is -2.45. The zero-order chi connectivity index (χ0) is 16.7. The second-order valence-electron chi connectivity index (χ2n) is 6.54. The molecule has 124 valence electrons. The molecule has 2 aliphatic rings. The van der Waals surface area contributed by atoms with Gasteiger partial charge in [0.2, 0.25) is 0 Å². The number of hydrogen-bond acceptors (Lipinski definition) is 2. The van der Waals surface area contributed by atoms with Crippen molar-refractivity contribution in [3.05, 3.63) is 62.6 Å². The van der Waals surface area contributed by atoms with E-state index in [2.05, 4.69) is 52.3 Å². The van der Waals surface area contributed by atoms with E-state index in [-0.39, 0.29) is 5.41 Å². The van der Waals surface area contributed by atoms with Gasteiger partial charge in [0, 0.05) is 22.0 Å². The van der Waals surface area contributed by atoms with E-state index >= 15 is 0 Å². The first-order valence-corrected chi connectivity index (χ1v) is 9.49. The largest absolute Gasteiger partial charge is 0.495 e. The third-order valence-electron chi connectivity index (χ3n) is 5.33. The molecule has 0 amide bonds. The van der Waals surface area contributed by atoms with Gasteiger partial charge in [0.1, 0.15) is 5.75 Å². The molecule has 4 rings (SSSR count). The van der Waals surface area contributed by atoms with Crippen LogP contribution in [0.15, 0.2) is 45.9 Å². The highest BCUT2D eigenvalue weighted by molar-refractivity contribution is 9.10. The lowest BCUT2D eigenvalue weighted by atomic mass is 9.59. The van der Waals surface area contributed by atoms with Crippen LogP contribution in [-0.2, 0) is 11.8 Å². The summed E-state index contributed by atoms with van der Waals surface area (Å²) in [5, 5.41) is 0.682. The molecule has 2 aromatic rings. The Kier molecular flexibility index (Phi) is 4.17. The molecule has 2 nitrogen and oxygen atoms in total. The minimum Gasteiger partial charge on any atom is -0.495 e. The molecule has 1 fully saturated rings. The van der Waals surface area contributed by atoms with E-state index in [1.165, 1.54) is 33.3 Å². The van der Waals surface area contributed by atoms with Gasteiger partial charge in [0.25, 0.3) is 0 Å². The Hall–Kier alpha value is -1.32. The van der Waals surface area contributed by atoms with Crippen molar-refractivity contribution in [2.45, 2.75) is 31.1 Å². The number of benzene rings is 2. The maximum Gasteiger partial charge on any atom is 0.138 e. The van der Waals surface area contributed by atoms with Crippen LogP contribution in [0.5, 0.6) is 5.75 Å². The number of rotatable bonds is 3. The third kappa shape index (κ3) is 2.41. The first-order chi connectivity index (χ1) is 11.7. The lowest BCUT2D eigenvalue weighted by molar-refractivity contribution is 0.338. The van der Waals surface area contributed by atoms with Crippen LogP contribution in [0.3, 0.4) is 0 Å². The SMILES string of the molecule is COc1cc2c(cc1Cl)CCN=C2C1(c2ccccc2Br)CCC1. The molecular weight excluding hydrogens is 386 g/mol. The van der Waals surface area contributed by atoms with E-state index in [0.29, 0.717) is 5.02 Å². The van der Waals surface area contributed by atoms with Gasteiger partial charge in [-0.05, 0) is 48.6 Å². The zero-order valence-electron chi connectivity index (χ0n) is 13.6. The Bertz CT molecular complexity index is 826.